The number of carbonyl (C=O) groups excluding carboxylic acids is 1. The maximum absolute atomic E-state index is 13.2. The molecule has 0 bridgehead atoms. The van der Waals surface area contributed by atoms with Crippen molar-refractivity contribution in [3.8, 4) is 0 Å². The molecule has 1 saturated carbocycles. The molecular formula is C18H20ClFN4O2S. The number of carbonyl (C=O) groups is 1. The summed E-state index contributed by atoms with van der Waals surface area (Å²) in [5.41, 5.74) is 0.464. The number of hydrogen-bond donors (Lipinski definition) is 1. The molecule has 1 amide bonds. The van der Waals surface area contributed by atoms with E-state index in [-0.39, 0.29) is 22.8 Å². The zero-order valence-electron chi connectivity index (χ0n) is 14.7. The van der Waals surface area contributed by atoms with Crippen molar-refractivity contribution in [3.05, 3.63) is 34.9 Å². The van der Waals surface area contributed by atoms with Crippen LogP contribution in [0.4, 0.5) is 10.1 Å². The van der Waals surface area contributed by atoms with E-state index in [9.17, 15) is 9.18 Å². The third-order valence-electron chi connectivity index (χ3n) is 4.63. The number of rotatable bonds is 7. The smallest absolute Gasteiger partial charge is 0.234 e. The highest BCUT2D eigenvalue weighted by Gasteiger charge is 2.32. The molecule has 9 heteroatoms. The minimum Gasteiger partial charge on any atom is -0.376 e. The molecule has 1 unspecified atom stereocenters. The number of halogens is 2. The molecule has 2 aliphatic rings. The lowest BCUT2D eigenvalue weighted by atomic mass is 10.2. The van der Waals surface area contributed by atoms with Crippen LogP contribution in [0.5, 0.6) is 0 Å². The van der Waals surface area contributed by atoms with Gasteiger partial charge < -0.3 is 14.6 Å². The number of aromatic nitrogens is 3. The van der Waals surface area contributed by atoms with Crippen LogP contribution in [-0.2, 0) is 16.1 Å². The lowest BCUT2D eigenvalue weighted by molar-refractivity contribution is -0.113. The number of ether oxygens (including phenoxy) is 1. The fraction of sp³-hybridized carbons (Fsp3) is 0.500. The lowest BCUT2D eigenvalue weighted by Gasteiger charge is -2.14. The molecule has 0 radical (unpaired) electrons. The van der Waals surface area contributed by atoms with E-state index in [1.807, 2.05) is 0 Å². The minimum atomic E-state index is -0.515. The van der Waals surface area contributed by atoms with Gasteiger partial charge in [-0.05, 0) is 43.9 Å². The van der Waals surface area contributed by atoms with E-state index in [2.05, 4.69) is 20.1 Å². The van der Waals surface area contributed by atoms with Gasteiger partial charge in [-0.25, -0.2) is 4.39 Å². The third-order valence-corrected chi connectivity index (χ3v) is 5.89. The maximum Gasteiger partial charge on any atom is 0.234 e. The number of nitrogens with zero attached hydrogens (tertiary/aromatic N) is 3. The van der Waals surface area contributed by atoms with E-state index in [1.165, 1.54) is 30.0 Å². The van der Waals surface area contributed by atoms with E-state index in [0.717, 1.165) is 49.8 Å². The molecule has 1 saturated heterocycles. The van der Waals surface area contributed by atoms with E-state index < -0.39 is 5.82 Å². The highest BCUT2D eigenvalue weighted by molar-refractivity contribution is 7.99. The molecule has 1 aromatic heterocycles. The number of amides is 1. The van der Waals surface area contributed by atoms with Gasteiger partial charge in [-0.15, -0.1) is 10.2 Å². The van der Waals surface area contributed by atoms with Crippen molar-refractivity contribution in [3.63, 3.8) is 0 Å². The second kappa shape index (κ2) is 8.16. The standard InChI is InChI=1S/C18H20ClFN4O2S/c19-14-8-12(5-6-15(14)20)21-16(25)10-27-18-23-22-17(11-3-4-11)24(18)9-13-2-1-7-26-13/h5-6,8,11,13H,1-4,7,9-10H2,(H,21,25). The van der Waals surface area contributed by atoms with E-state index in [0.29, 0.717) is 11.6 Å². The van der Waals surface area contributed by atoms with Gasteiger partial charge in [0.1, 0.15) is 11.6 Å². The molecule has 6 nitrogen and oxygen atoms in total. The lowest BCUT2D eigenvalue weighted by Crippen LogP contribution is -2.19. The first-order valence-electron chi connectivity index (χ1n) is 9.02. The topological polar surface area (TPSA) is 69.0 Å². The van der Waals surface area contributed by atoms with Crippen molar-refractivity contribution in [2.24, 2.45) is 0 Å². The second-order valence-corrected chi connectivity index (χ2v) is 8.18. The van der Waals surface area contributed by atoms with Gasteiger partial charge in [0.25, 0.3) is 0 Å². The van der Waals surface area contributed by atoms with Gasteiger partial charge >= 0.3 is 0 Å². The normalized spacial score (nSPS) is 19.4. The molecule has 0 spiro atoms. The molecule has 1 aliphatic heterocycles. The minimum absolute atomic E-state index is 0.0224. The highest BCUT2D eigenvalue weighted by atomic mass is 35.5. The molecule has 1 aliphatic carbocycles. The number of hydrogen-bond acceptors (Lipinski definition) is 5. The van der Waals surface area contributed by atoms with Crippen LogP contribution in [0.2, 0.25) is 5.02 Å². The van der Waals surface area contributed by atoms with E-state index in [1.54, 1.807) is 0 Å². The summed E-state index contributed by atoms with van der Waals surface area (Å²) in [7, 11) is 0. The summed E-state index contributed by atoms with van der Waals surface area (Å²) in [4.78, 5) is 12.2. The Kier molecular flexibility index (Phi) is 5.66. The summed E-state index contributed by atoms with van der Waals surface area (Å²) in [5.74, 6) is 0.937. The van der Waals surface area contributed by atoms with Crippen LogP contribution >= 0.6 is 23.4 Å². The van der Waals surface area contributed by atoms with Crippen molar-refractivity contribution in [2.75, 3.05) is 17.7 Å². The summed E-state index contributed by atoms with van der Waals surface area (Å²) in [6.45, 7) is 1.53. The molecule has 2 aromatic rings. The van der Waals surface area contributed by atoms with Crippen molar-refractivity contribution in [1.82, 2.24) is 14.8 Å². The zero-order valence-corrected chi connectivity index (χ0v) is 16.2. The Balaban J connectivity index is 1.39. The SMILES string of the molecule is O=C(CSc1nnc(C2CC2)n1CC1CCCO1)Nc1ccc(F)c(Cl)c1. The number of anilines is 1. The average molecular weight is 411 g/mol. The van der Waals surface area contributed by atoms with Gasteiger partial charge in [0, 0.05) is 18.2 Å². The number of nitrogens with one attached hydrogen (secondary N) is 1. The molecule has 1 atom stereocenters. The molecule has 1 N–H and O–H groups in total. The van der Waals surface area contributed by atoms with Gasteiger partial charge in [0.15, 0.2) is 5.16 Å². The first-order valence-corrected chi connectivity index (χ1v) is 10.4. The van der Waals surface area contributed by atoms with Gasteiger partial charge in [0.2, 0.25) is 5.91 Å². The molecule has 2 fully saturated rings. The van der Waals surface area contributed by atoms with Crippen LogP contribution in [0.1, 0.15) is 37.4 Å². The predicted molar refractivity (Wildman–Crippen MR) is 102 cm³/mol. The molecule has 144 valence electrons. The Bertz CT molecular complexity index is 837. The highest BCUT2D eigenvalue weighted by Crippen LogP contribution is 2.40. The molecule has 2 heterocycles. The van der Waals surface area contributed by atoms with Crippen LogP contribution in [0.3, 0.4) is 0 Å². The summed E-state index contributed by atoms with van der Waals surface area (Å²) >= 11 is 7.09. The molecule has 1 aromatic carbocycles. The Labute approximate surface area is 165 Å². The Morgan fingerprint density at radius 2 is 2.22 bits per heavy atom. The van der Waals surface area contributed by atoms with E-state index >= 15 is 0 Å². The summed E-state index contributed by atoms with van der Waals surface area (Å²) in [6.07, 6.45) is 4.59. The summed E-state index contributed by atoms with van der Waals surface area (Å²) in [6, 6.07) is 4.10. The average Bonchev–Trinajstić information content (AvgIpc) is 3.21. The predicted octanol–water partition coefficient (Wildman–Crippen LogP) is 3.86. The monoisotopic (exact) mass is 410 g/mol. The summed E-state index contributed by atoms with van der Waals surface area (Å²) in [5, 5.41) is 12.1. The molecular weight excluding hydrogens is 391 g/mol. The van der Waals surface area contributed by atoms with Gasteiger partial charge in [0.05, 0.1) is 23.4 Å². The Hall–Kier alpha value is -1.64. The Morgan fingerprint density at radius 3 is 2.93 bits per heavy atom. The van der Waals surface area contributed by atoms with Crippen molar-refractivity contribution >= 4 is 35.0 Å². The second-order valence-electron chi connectivity index (χ2n) is 6.83. The van der Waals surface area contributed by atoms with Gasteiger partial charge in [-0.1, -0.05) is 23.4 Å². The first-order chi connectivity index (χ1) is 13.1. The third kappa shape index (κ3) is 4.62. The zero-order chi connectivity index (χ0) is 18.8. The van der Waals surface area contributed by atoms with E-state index in [4.69, 9.17) is 16.3 Å². The van der Waals surface area contributed by atoms with Crippen LogP contribution < -0.4 is 5.32 Å². The number of thioether (sulfide) groups is 1. The number of benzene rings is 1. The van der Waals surface area contributed by atoms with Crippen LogP contribution in [-0.4, -0.2) is 39.1 Å². The fourth-order valence-corrected chi connectivity index (χ4v) is 4.05. The van der Waals surface area contributed by atoms with Gasteiger partial charge in [-0.2, -0.15) is 0 Å². The Morgan fingerprint density at radius 1 is 1.37 bits per heavy atom. The van der Waals surface area contributed by atoms with Crippen LogP contribution in [0.25, 0.3) is 0 Å². The maximum atomic E-state index is 13.2. The summed E-state index contributed by atoms with van der Waals surface area (Å²) < 4.78 is 21.1. The largest absolute Gasteiger partial charge is 0.376 e. The van der Waals surface area contributed by atoms with Gasteiger partial charge in [-0.3, -0.25) is 4.79 Å². The van der Waals surface area contributed by atoms with Crippen molar-refractivity contribution in [2.45, 2.75) is 49.4 Å². The van der Waals surface area contributed by atoms with Crippen LogP contribution in [0.15, 0.2) is 23.4 Å². The molecule has 4 rings (SSSR count). The first kappa shape index (κ1) is 18.7. The van der Waals surface area contributed by atoms with Crippen molar-refractivity contribution in [1.29, 1.82) is 0 Å². The molecule has 27 heavy (non-hydrogen) atoms. The quantitative estimate of drug-likeness (QED) is 0.702. The van der Waals surface area contributed by atoms with Crippen LogP contribution in [0, 0.1) is 5.82 Å². The fourth-order valence-electron chi connectivity index (χ4n) is 3.11. The van der Waals surface area contributed by atoms with Crippen molar-refractivity contribution < 1.29 is 13.9 Å².